The Hall–Kier alpha value is -0.870. The third kappa shape index (κ3) is 2.69. The SMILES string of the molecule is O=C(O)c1cnc(Cl)cn1.[Cl-]. The Morgan fingerprint density at radius 3 is 2.45 bits per heavy atom. The predicted molar refractivity (Wildman–Crippen MR) is 34.0 cm³/mol. The van der Waals surface area contributed by atoms with E-state index < -0.39 is 5.97 Å². The van der Waals surface area contributed by atoms with Gasteiger partial charge in [0.25, 0.3) is 0 Å². The fourth-order valence-electron chi connectivity index (χ4n) is 0.423. The van der Waals surface area contributed by atoms with Gasteiger partial charge in [0.05, 0.1) is 12.4 Å². The maximum Gasteiger partial charge on any atom is 0.356 e. The van der Waals surface area contributed by atoms with Gasteiger partial charge >= 0.3 is 5.97 Å². The molecule has 6 heteroatoms. The Bertz CT molecular complexity index is 249. The molecule has 11 heavy (non-hydrogen) atoms. The molecule has 0 unspecified atom stereocenters. The van der Waals surface area contributed by atoms with Gasteiger partial charge in [0.15, 0.2) is 5.69 Å². The summed E-state index contributed by atoms with van der Waals surface area (Å²) < 4.78 is 0. The van der Waals surface area contributed by atoms with Gasteiger partial charge < -0.3 is 17.5 Å². The van der Waals surface area contributed by atoms with Crippen LogP contribution in [0.5, 0.6) is 0 Å². The fourth-order valence-corrected chi connectivity index (χ4v) is 0.520. The van der Waals surface area contributed by atoms with Crippen LogP contribution in [0, 0.1) is 0 Å². The van der Waals surface area contributed by atoms with Gasteiger partial charge in [-0.2, -0.15) is 0 Å². The lowest BCUT2D eigenvalue weighted by Crippen LogP contribution is -3.00. The van der Waals surface area contributed by atoms with Crippen LogP contribution in [-0.2, 0) is 0 Å². The molecule has 0 aliphatic rings. The number of aromatic nitrogens is 2. The van der Waals surface area contributed by atoms with Gasteiger partial charge in [-0.15, -0.1) is 0 Å². The Balaban J connectivity index is 0.000001000. The summed E-state index contributed by atoms with van der Waals surface area (Å²) in [4.78, 5) is 17.2. The number of halogens is 2. The quantitative estimate of drug-likeness (QED) is 0.552. The topological polar surface area (TPSA) is 63.1 Å². The molecule has 1 rings (SSSR count). The first-order valence-corrected chi connectivity index (χ1v) is 2.79. The molecule has 0 aliphatic heterocycles. The van der Waals surface area contributed by atoms with Gasteiger partial charge in [0.2, 0.25) is 0 Å². The molecule has 0 bridgehead atoms. The largest absolute Gasteiger partial charge is 1.00 e. The third-order valence-corrected chi connectivity index (χ3v) is 1.03. The van der Waals surface area contributed by atoms with E-state index in [4.69, 9.17) is 16.7 Å². The molecule has 0 saturated carbocycles. The Morgan fingerprint density at radius 1 is 1.45 bits per heavy atom. The summed E-state index contributed by atoms with van der Waals surface area (Å²) in [5.74, 6) is -1.11. The lowest BCUT2D eigenvalue weighted by atomic mass is 10.5. The lowest BCUT2D eigenvalue weighted by Gasteiger charge is -1.89. The Morgan fingerprint density at radius 2 is 2.09 bits per heavy atom. The van der Waals surface area contributed by atoms with Gasteiger partial charge in [0.1, 0.15) is 5.15 Å². The number of carboxylic acid groups (broad SMARTS) is 1. The molecule has 60 valence electrons. The summed E-state index contributed by atoms with van der Waals surface area (Å²) in [5, 5.41) is 8.52. The van der Waals surface area contributed by atoms with E-state index in [1.165, 1.54) is 6.20 Å². The zero-order chi connectivity index (χ0) is 7.56. The molecule has 0 amide bonds. The molecule has 0 radical (unpaired) electrons. The number of nitrogens with zero attached hydrogens (tertiary/aromatic N) is 2. The van der Waals surface area contributed by atoms with Crippen LogP contribution in [-0.4, -0.2) is 21.0 Å². The molecule has 0 aromatic carbocycles. The van der Waals surface area contributed by atoms with Crippen molar-refractivity contribution in [3.05, 3.63) is 23.2 Å². The third-order valence-electron chi connectivity index (χ3n) is 0.839. The average molecular weight is 194 g/mol. The van der Waals surface area contributed by atoms with Crippen molar-refractivity contribution in [1.29, 1.82) is 0 Å². The highest BCUT2D eigenvalue weighted by Gasteiger charge is 2.02. The van der Waals surface area contributed by atoms with Gasteiger partial charge in [-0.1, -0.05) is 11.6 Å². The monoisotopic (exact) mass is 193 g/mol. The summed E-state index contributed by atoms with van der Waals surface area (Å²) in [7, 11) is 0. The van der Waals surface area contributed by atoms with Gasteiger partial charge in [0, 0.05) is 0 Å². The van der Waals surface area contributed by atoms with Crippen molar-refractivity contribution in [2.24, 2.45) is 0 Å². The van der Waals surface area contributed by atoms with Crippen LogP contribution in [0.2, 0.25) is 5.15 Å². The fraction of sp³-hybridized carbons (Fsp3) is 0. The molecular weight excluding hydrogens is 191 g/mol. The van der Waals surface area contributed by atoms with Gasteiger partial charge in [-0.3, -0.25) is 0 Å². The van der Waals surface area contributed by atoms with Gasteiger partial charge in [-0.25, -0.2) is 14.8 Å². The van der Waals surface area contributed by atoms with Gasteiger partial charge in [-0.05, 0) is 0 Å². The minimum atomic E-state index is -1.11. The highest BCUT2D eigenvalue weighted by Crippen LogP contribution is 2.00. The van der Waals surface area contributed by atoms with E-state index in [0.717, 1.165) is 6.20 Å². The summed E-state index contributed by atoms with van der Waals surface area (Å²) >= 11 is 5.35. The van der Waals surface area contributed by atoms with Crippen LogP contribution in [0.3, 0.4) is 0 Å². The van der Waals surface area contributed by atoms with Crippen molar-refractivity contribution in [1.82, 2.24) is 9.97 Å². The molecule has 4 nitrogen and oxygen atoms in total. The second-order valence-corrected chi connectivity index (χ2v) is 1.92. The molecule has 0 atom stereocenters. The van der Waals surface area contributed by atoms with Crippen LogP contribution in [0.25, 0.3) is 0 Å². The van der Waals surface area contributed by atoms with Crippen molar-refractivity contribution in [2.75, 3.05) is 0 Å². The molecule has 1 aromatic rings. The van der Waals surface area contributed by atoms with E-state index in [-0.39, 0.29) is 23.3 Å². The first kappa shape index (κ1) is 10.1. The Kier molecular flexibility index (Phi) is 3.78. The maximum atomic E-state index is 10.2. The van der Waals surface area contributed by atoms with Crippen LogP contribution in [0.4, 0.5) is 0 Å². The molecule has 0 fully saturated rings. The summed E-state index contributed by atoms with van der Waals surface area (Å²) in [6.45, 7) is 0. The van der Waals surface area contributed by atoms with E-state index in [2.05, 4.69) is 9.97 Å². The maximum absolute atomic E-state index is 10.2. The van der Waals surface area contributed by atoms with E-state index in [9.17, 15) is 4.79 Å². The standard InChI is InChI=1S/C5H3ClN2O2.ClH/c6-4-2-7-3(1-8-4)5(9)10;/h1-2H,(H,9,10);1H/p-1. The number of carbonyl (C=O) groups is 1. The van der Waals surface area contributed by atoms with E-state index in [1.807, 2.05) is 0 Å². The molecule has 1 aromatic heterocycles. The zero-order valence-electron chi connectivity index (χ0n) is 5.16. The smallest absolute Gasteiger partial charge is 0.356 e. The van der Waals surface area contributed by atoms with Crippen LogP contribution < -0.4 is 12.4 Å². The molecule has 1 N–H and O–H groups in total. The molecule has 0 spiro atoms. The number of hydrogen-bond donors (Lipinski definition) is 1. The van der Waals surface area contributed by atoms with E-state index in [0.29, 0.717) is 0 Å². The van der Waals surface area contributed by atoms with Crippen molar-refractivity contribution >= 4 is 17.6 Å². The summed E-state index contributed by atoms with van der Waals surface area (Å²) in [5.41, 5.74) is -0.107. The molecule has 0 saturated heterocycles. The molecule has 1 heterocycles. The van der Waals surface area contributed by atoms with Crippen molar-refractivity contribution < 1.29 is 22.3 Å². The van der Waals surface area contributed by atoms with Crippen LogP contribution in [0.15, 0.2) is 12.4 Å². The van der Waals surface area contributed by atoms with Crippen molar-refractivity contribution in [2.45, 2.75) is 0 Å². The predicted octanol–water partition coefficient (Wildman–Crippen LogP) is -2.17. The average Bonchev–Trinajstić information content (AvgIpc) is 1.88. The second kappa shape index (κ2) is 4.10. The number of aromatic carboxylic acids is 1. The Labute approximate surface area is 73.6 Å². The van der Waals surface area contributed by atoms with E-state index in [1.54, 1.807) is 0 Å². The first-order valence-electron chi connectivity index (χ1n) is 2.41. The van der Waals surface area contributed by atoms with Crippen molar-refractivity contribution in [3.8, 4) is 0 Å². The highest BCUT2D eigenvalue weighted by atomic mass is 35.5. The minimum absolute atomic E-state index is 0. The summed E-state index contributed by atoms with van der Waals surface area (Å²) in [6, 6.07) is 0. The number of carboxylic acids is 1. The minimum Gasteiger partial charge on any atom is -1.00 e. The second-order valence-electron chi connectivity index (χ2n) is 1.53. The zero-order valence-corrected chi connectivity index (χ0v) is 6.67. The van der Waals surface area contributed by atoms with Crippen molar-refractivity contribution in [3.63, 3.8) is 0 Å². The van der Waals surface area contributed by atoms with Crippen LogP contribution in [0.1, 0.15) is 10.5 Å². The highest BCUT2D eigenvalue weighted by molar-refractivity contribution is 6.29. The molecule has 0 aliphatic carbocycles. The summed E-state index contributed by atoms with van der Waals surface area (Å²) in [6.07, 6.45) is 2.29. The van der Waals surface area contributed by atoms with E-state index >= 15 is 0 Å². The lowest BCUT2D eigenvalue weighted by molar-refractivity contribution is -0.0000177. The van der Waals surface area contributed by atoms with Crippen LogP contribution >= 0.6 is 11.6 Å². The molecular formula is C5H3Cl2N2O2-. The number of hydrogen-bond acceptors (Lipinski definition) is 3. The normalized spacial score (nSPS) is 8.45. The first-order chi connectivity index (χ1) is 4.70. The number of rotatable bonds is 1.